The van der Waals surface area contributed by atoms with Crippen LogP contribution in [0, 0.1) is 6.92 Å². The molecule has 0 heterocycles. The maximum Gasteiger partial charge on any atom is 0.0790 e. The van der Waals surface area contributed by atoms with Crippen molar-refractivity contribution in [2.75, 3.05) is 0 Å². The first-order valence-corrected chi connectivity index (χ1v) is 5.98. The van der Waals surface area contributed by atoms with Gasteiger partial charge in [-0.3, -0.25) is 0 Å². The summed E-state index contributed by atoms with van der Waals surface area (Å²) in [7, 11) is 0. The Labute approximate surface area is 93.1 Å². The minimum atomic E-state index is -0.276. The number of rotatable bonds is 6. The zero-order chi connectivity index (χ0) is 11.1. The third-order valence-corrected chi connectivity index (χ3v) is 2.76. The molecule has 84 valence electrons. The molecule has 0 aliphatic heterocycles. The van der Waals surface area contributed by atoms with Gasteiger partial charge in [0.25, 0.3) is 0 Å². The molecule has 1 heteroatoms. The molecule has 1 atom stereocenters. The first-order chi connectivity index (χ1) is 7.24. The molecular formula is C14H22O. The van der Waals surface area contributed by atoms with Crippen molar-refractivity contribution in [1.29, 1.82) is 0 Å². The van der Waals surface area contributed by atoms with Crippen molar-refractivity contribution in [1.82, 2.24) is 0 Å². The quantitative estimate of drug-likeness (QED) is 0.697. The van der Waals surface area contributed by atoms with E-state index in [9.17, 15) is 5.11 Å². The molecule has 0 amide bonds. The molecule has 0 saturated carbocycles. The maximum absolute atomic E-state index is 9.94. The molecule has 0 bridgehead atoms. The Bertz CT molecular complexity index is 280. The van der Waals surface area contributed by atoms with Gasteiger partial charge in [-0.15, -0.1) is 0 Å². The van der Waals surface area contributed by atoms with E-state index < -0.39 is 0 Å². The van der Waals surface area contributed by atoms with Crippen molar-refractivity contribution in [3.05, 3.63) is 35.4 Å². The molecule has 1 unspecified atom stereocenters. The summed E-state index contributed by atoms with van der Waals surface area (Å²) in [6.45, 7) is 4.27. The second-order valence-corrected chi connectivity index (χ2v) is 4.28. The molecule has 0 radical (unpaired) electrons. The molecule has 15 heavy (non-hydrogen) atoms. The van der Waals surface area contributed by atoms with Crippen molar-refractivity contribution in [2.24, 2.45) is 0 Å². The van der Waals surface area contributed by atoms with Crippen LogP contribution in [0.4, 0.5) is 0 Å². The van der Waals surface area contributed by atoms with Gasteiger partial charge in [-0.1, -0.05) is 62.4 Å². The summed E-state index contributed by atoms with van der Waals surface area (Å²) >= 11 is 0. The van der Waals surface area contributed by atoms with Crippen LogP contribution in [-0.2, 0) is 0 Å². The van der Waals surface area contributed by atoms with E-state index in [2.05, 4.69) is 26.0 Å². The molecule has 0 fully saturated rings. The fourth-order valence-electron chi connectivity index (χ4n) is 1.81. The van der Waals surface area contributed by atoms with Gasteiger partial charge in [0.15, 0.2) is 0 Å². The van der Waals surface area contributed by atoms with Crippen LogP contribution in [0.3, 0.4) is 0 Å². The van der Waals surface area contributed by atoms with Gasteiger partial charge in [0.05, 0.1) is 6.10 Å². The average molecular weight is 206 g/mol. The van der Waals surface area contributed by atoms with Crippen LogP contribution in [0.25, 0.3) is 0 Å². The normalized spacial score (nSPS) is 12.7. The number of aliphatic hydroxyl groups is 1. The molecule has 1 nitrogen and oxygen atoms in total. The molecule has 1 rings (SSSR count). The number of hydrogen-bond donors (Lipinski definition) is 1. The molecule has 0 spiro atoms. The van der Waals surface area contributed by atoms with Gasteiger partial charge in [-0.05, 0) is 18.9 Å². The Balaban J connectivity index is 2.36. The predicted molar refractivity (Wildman–Crippen MR) is 64.9 cm³/mol. The van der Waals surface area contributed by atoms with Gasteiger partial charge in [0.2, 0.25) is 0 Å². The van der Waals surface area contributed by atoms with Crippen LogP contribution < -0.4 is 0 Å². The zero-order valence-electron chi connectivity index (χ0n) is 9.87. The summed E-state index contributed by atoms with van der Waals surface area (Å²) in [5.74, 6) is 0. The molecule has 1 aromatic carbocycles. The molecule has 1 aromatic rings. The van der Waals surface area contributed by atoms with Crippen molar-refractivity contribution in [3.63, 3.8) is 0 Å². The van der Waals surface area contributed by atoms with E-state index in [4.69, 9.17) is 0 Å². The Morgan fingerprint density at radius 2 is 2.00 bits per heavy atom. The Kier molecular flexibility index (Phi) is 5.41. The van der Waals surface area contributed by atoms with Crippen LogP contribution in [0.1, 0.15) is 56.3 Å². The van der Waals surface area contributed by atoms with E-state index in [0.29, 0.717) is 0 Å². The zero-order valence-corrected chi connectivity index (χ0v) is 9.87. The summed E-state index contributed by atoms with van der Waals surface area (Å²) in [6.07, 6.45) is 5.51. The minimum Gasteiger partial charge on any atom is -0.388 e. The predicted octanol–water partition coefficient (Wildman–Crippen LogP) is 4.00. The third-order valence-electron chi connectivity index (χ3n) is 2.76. The number of hydrogen-bond acceptors (Lipinski definition) is 1. The van der Waals surface area contributed by atoms with Gasteiger partial charge in [-0.2, -0.15) is 0 Å². The topological polar surface area (TPSA) is 20.2 Å². The molecule has 1 N–H and O–H groups in total. The monoisotopic (exact) mass is 206 g/mol. The van der Waals surface area contributed by atoms with Gasteiger partial charge >= 0.3 is 0 Å². The van der Waals surface area contributed by atoms with E-state index in [-0.39, 0.29) is 6.10 Å². The summed E-state index contributed by atoms with van der Waals surface area (Å²) in [4.78, 5) is 0. The SMILES string of the molecule is CCCCCCC(O)c1cccc(C)c1. The Morgan fingerprint density at radius 1 is 1.20 bits per heavy atom. The highest BCUT2D eigenvalue weighted by Gasteiger charge is 2.06. The van der Waals surface area contributed by atoms with Gasteiger partial charge in [0, 0.05) is 0 Å². The summed E-state index contributed by atoms with van der Waals surface area (Å²) in [6, 6.07) is 8.16. The van der Waals surface area contributed by atoms with E-state index in [0.717, 1.165) is 18.4 Å². The lowest BCUT2D eigenvalue weighted by Crippen LogP contribution is -1.97. The number of aliphatic hydroxyl groups excluding tert-OH is 1. The fraction of sp³-hybridized carbons (Fsp3) is 0.571. The first-order valence-electron chi connectivity index (χ1n) is 5.98. The van der Waals surface area contributed by atoms with Crippen molar-refractivity contribution in [2.45, 2.75) is 52.1 Å². The first kappa shape index (κ1) is 12.3. The lowest BCUT2D eigenvalue weighted by Gasteiger charge is -2.11. The smallest absolute Gasteiger partial charge is 0.0790 e. The molecular weight excluding hydrogens is 184 g/mol. The van der Waals surface area contributed by atoms with Crippen LogP contribution in [-0.4, -0.2) is 5.11 Å². The van der Waals surface area contributed by atoms with Crippen molar-refractivity contribution < 1.29 is 5.11 Å². The van der Waals surface area contributed by atoms with Gasteiger partial charge in [0.1, 0.15) is 0 Å². The minimum absolute atomic E-state index is 0.276. The highest BCUT2D eigenvalue weighted by atomic mass is 16.3. The van der Waals surface area contributed by atoms with Crippen LogP contribution in [0.2, 0.25) is 0 Å². The van der Waals surface area contributed by atoms with E-state index in [1.54, 1.807) is 0 Å². The van der Waals surface area contributed by atoms with Crippen LogP contribution in [0.5, 0.6) is 0 Å². The highest BCUT2D eigenvalue weighted by Crippen LogP contribution is 2.20. The molecule has 0 aromatic heterocycles. The Hall–Kier alpha value is -0.820. The van der Waals surface area contributed by atoms with Crippen LogP contribution in [0.15, 0.2) is 24.3 Å². The van der Waals surface area contributed by atoms with Crippen LogP contribution >= 0.6 is 0 Å². The third kappa shape index (κ3) is 4.48. The van der Waals surface area contributed by atoms with Crippen molar-refractivity contribution >= 4 is 0 Å². The maximum atomic E-state index is 9.94. The second kappa shape index (κ2) is 6.62. The van der Waals surface area contributed by atoms with Crippen molar-refractivity contribution in [3.8, 4) is 0 Å². The molecule has 0 aliphatic carbocycles. The summed E-state index contributed by atoms with van der Waals surface area (Å²) in [5, 5.41) is 9.94. The number of benzene rings is 1. The van der Waals surface area contributed by atoms with Gasteiger partial charge < -0.3 is 5.11 Å². The fourth-order valence-corrected chi connectivity index (χ4v) is 1.81. The average Bonchev–Trinajstić information content (AvgIpc) is 2.24. The van der Waals surface area contributed by atoms with E-state index in [1.807, 2.05) is 12.1 Å². The number of aryl methyl sites for hydroxylation is 1. The lowest BCUT2D eigenvalue weighted by molar-refractivity contribution is 0.163. The largest absolute Gasteiger partial charge is 0.388 e. The van der Waals surface area contributed by atoms with E-state index >= 15 is 0 Å². The van der Waals surface area contributed by atoms with E-state index in [1.165, 1.54) is 24.8 Å². The molecule has 0 saturated heterocycles. The highest BCUT2D eigenvalue weighted by molar-refractivity contribution is 5.23. The number of unbranched alkanes of at least 4 members (excludes halogenated alkanes) is 3. The summed E-state index contributed by atoms with van der Waals surface area (Å²) in [5.41, 5.74) is 2.28. The molecule has 0 aliphatic rings. The van der Waals surface area contributed by atoms with Gasteiger partial charge in [-0.25, -0.2) is 0 Å². The second-order valence-electron chi connectivity index (χ2n) is 4.28. The Morgan fingerprint density at radius 3 is 2.67 bits per heavy atom. The standard InChI is InChI=1S/C14H22O/c1-3-4-5-6-10-14(15)13-9-7-8-12(2)11-13/h7-9,11,14-15H,3-6,10H2,1-2H3. The lowest BCUT2D eigenvalue weighted by atomic mass is 10.0. The summed E-state index contributed by atoms with van der Waals surface area (Å²) < 4.78 is 0.